The second-order valence-electron chi connectivity index (χ2n) is 5.08. The molecule has 0 radical (unpaired) electrons. The summed E-state index contributed by atoms with van der Waals surface area (Å²) in [6.45, 7) is 6.53. The summed E-state index contributed by atoms with van der Waals surface area (Å²) in [5, 5.41) is 3.12. The molecule has 0 bridgehead atoms. The fourth-order valence-corrected chi connectivity index (χ4v) is 3.65. The first-order valence-electron chi connectivity index (χ1n) is 7.15. The van der Waals surface area contributed by atoms with Crippen LogP contribution in [0.5, 0.6) is 0 Å². The zero-order valence-electron chi connectivity index (χ0n) is 13.4. The molecule has 25 heavy (non-hydrogen) atoms. The van der Waals surface area contributed by atoms with Crippen LogP contribution < -0.4 is 10.6 Å². The molecule has 0 aliphatic rings. The molecule has 0 spiro atoms. The molecule has 0 aliphatic carbocycles. The van der Waals surface area contributed by atoms with Crippen molar-refractivity contribution >= 4 is 32.1 Å². The standard InChI is InChI=1S/C13H22N2O8S2/c1-3-12(16)14-8-5-6-11(25(21,22)23)10(15-13(17)4-2)7-9-24(18,19)20/h3-4,10-11H,1-2,5-9H2,(H,14,16)(H,15,17)(H,18,19,20)(H,21,22,23). The molecule has 4 N–H and O–H groups in total. The molecule has 0 aromatic carbocycles. The van der Waals surface area contributed by atoms with Gasteiger partial charge in [-0.3, -0.25) is 18.7 Å². The molecule has 2 atom stereocenters. The van der Waals surface area contributed by atoms with E-state index in [2.05, 4.69) is 23.8 Å². The van der Waals surface area contributed by atoms with E-state index >= 15 is 0 Å². The van der Waals surface area contributed by atoms with E-state index in [0.29, 0.717) is 0 Å². The highest BCUT2D eigenvalue weighted by atomic mass is 32.2. The van der Waals surface area contributed by atoms with Gasteiger partial charge in [0.2, 0.25) is 11.8 Å². The summed E-state index contributed by atoms with van der Waals surface area (Å²) in [6, 6.07) is -1.28. The molecule has 0 aliphatic heterocycles. The highest BCUT2D eigenvalue weighted by Crippen LogP contribution is 2.16. The van der Waals surface area contributed by atoms with E-state index in [9.17, 15) is 31.0 Å². The van der Waals surface area contributed by atoms with Gasteiger partial charge in [0.25, 0.3) is 20.2 Å². The second-order valence-corrected chi connectivity index (χ2v) is 8.29. The SMILES string of the molecule is C=CC(=O)NCCCC(C(CCS(=O)(=O)O)NC(=O)C=C)S(=O)(=O)O. The average Bonchev–Trinajstić information content (AvgIpc) is 2.49. The minimum absolute atomic E-state index is 0.0807. The van der Waals surface area contributed by atoms with Crippen molar-refractivity contribution in [1.29, 1.82) is 0 Å². The van der Waals surface area contributed by atoms with Crippen molar-refractivity contribution < 1.29 is 35.5 Å². The number of rotatable bonds is 12. The molecule has 0 fully saturated rings. The van der Waals surface area contributed by atoms with Crippen molar-refractivity contribution in [3.8, 4) is 0 Å². The lowest BCUT2D eigenvalue weighted by atomic mass is 10.1. The van der Waals surface area contributed by atoms with Crippen LogP contribution in [-0.4, -0.2) is 61.3 Å². The van der Waals surface area contributed by atoms with Crippen LogP contribution in [0.25, 0.3) is 0 Å². The predicted octanol–water partition coefficient (Wildman–Crippen LogP) is -0.726. The number of nitrogens with one attached hydrogen (secondary N) is 2. The van der Waals surface area contributed by atoms with Crippen LogP contribution in [0.15, 0.2) is 25.3 Å². The summed E-state index contributed by atoms with van der Waals surface area (Å²) in [5.41, 5.74) is 0. The third-order valence-electron chi connectivity index (χ3n) is 3.18. The Bertz CT molecular complexity index is 700. The predicted molar refractivity (Wildman–Crippen MR) is 90.9 cm³/mol. The molecule has 2 unspecified atom stereocenters. The smallest absolute Gasteiger partial charge is 0.269 e. The lowest BCUT2D eigenvalue weighted by Gasteiger charge is -2.25. The van der Waals surface area contributed by atoms with Crippen LogP contribution in [0.1, 0.15) is 19.3 Å². The van der Waals surface area contributed by atoms with Crippen LogP contribution in [0.4, 0.5) is 0 Å². The van der Waals surface area contributed by atoms with Gasteiger partial charge in [-0.2, -0.15) is 16.8 Å². The van der Waals surface area contributed by atoms with Crippen molar-refractivity contribution in [2.24, 2.45) is 0 Å². The summed E-state index contributed by atoms with van der Waals surface area (Å²) in [4.78, 5) is 22.5. The maximum absolute atomic E-state index is 11.6. The second kappa shape index (κ2) is 10.3. The van der Waals surface area contributed by atoms with Crippen LogP contribution in [-0.2, 0) is 29.8 Å². The summed E-state index contributed by atoms with van der Waals surface area (Å²) in [5.74, 6) is -2.05. The highest BCUT2D eigenvalue weighted by molar-refractivity contribution is 7.86. The van der Waals surface area contributed by atoms with Crippen molar-refractivity contribution in [2.75, 3.05) is 12.3 Å². The lowest BCUT2D eigenvalue weighted by molar-refractivity contribution is -0.117. The molecule has 144 valence electrons. The summed E-state index contributed by atoms with van der Waals surface area (Å²) >= 11 is 0. The minimum Gasteiger partial charge on any atom is -0.353 e. The van der Waals surface area contributed by atoms with Gasteiger partial charge in [0.05, 0.1) is 5.75 Å². The van der Waals surface area contributed by atoms with E-state index in [1.54, 1.807) is 0 Å². The van der Waals surface area contributed by atoms with Crippen LogP contribution in [0.3, 0.4) is 0 Å². The Morgan fingerprint density at radius 3 is 2.00 bits per heavy atom. The minimum atomic E-state index is -4.65. The Balaban J connectivity index is 5.18. The van der Waals surface area contributed by atoms with Crippen LogP contribution >= 0.6 is 0 Å². The molecule has 0 aromatic rings. The van der Waals surface area contributed by atoms with E-state index in [-0.39, 0.29) is 19.4 Å². The van der Waals surface area contributed by atoms with Gasteiger partial charge < -0.3 is 10.6 Å². The first kappa shape index (κ1) is 23.2. The monoisotopic (exact) mass is 398 g/mol. The Hall–Kier alpha value is -1.76. The van der Waals surface area contributed by atoms with Gasteiger partial charge >= 0.3 is 0 Å². The van der Waals surface area contributed by atoms with Gasteiger partial charge in [-0.05, 0) is 31.4 Å². The van der Waals surface area contributed by atoms with E-state index in [1.807, 2.05) is 0 Å². The fraction of sp³-hybridized carbons (Fsp3) is 0.538. The number of carbonyl (C=O) groups is 2. The van der Waals surface area contributed by atoms with Gasteiger partial charge in [-0.15, -0.1) is 0 Å². The third kappa shape index (κ3) is 10.7. The van der Waals surface area contributed by atoms with E-state index in [4.69, 9.17) is 4.55 Å². The fourth-order valence-electron chi connectivity index (χ4n) is 2.01. The molecule has 0 saturated heterocycles. The maximum Gasteiger partial charge on any atom is 0.269 e. The summed E-state index contributed by atoms with van der Waals surface area (Å²) in [6.07, 6.45) is 1.38. The zero-order chi connectivity index (χ0) is 19.7. The van der Waals surface area contributed by atoms with E-state index in [1.165, 1.54) is 0 Å². The number of amides is 2. The normalized spacial score (nSPS) is 14.2. The number of hydrogen-bond acceptors (Lipinski definition) is 6. The number of carbonyl (C=O) groups excluding carboxylic acids is 2. The van der Waals surface area contributed by atoms with E-state index < -0.39 is 55.5 Å². The lowest BCUT2D eigenvalue weighted by Crippen LogP contribution is -2.47. The van der Waals surface area contributed by atoms with Gasteiger partial charge in [-0.1, -0.05) is 13.2 Å². The van der Waals surface area contributed by atoms with Crippen LogP contribution in [0, 0.1) is 0 Å². The van der Waals surface area contributed by atoms with Crippen molar-refractivity contribution in [1.82, 2.24) is 10.6 Å². The first-order chi connectivity index (χ1) is 11.4. The largest absolute Gasteiger partial charge is 0.353 e. The topological polar surface area (TPSA) is 167 Å². The molecule has 2 amide bonds. The Labute approximate surface area is 146 Å². The van der Waals surface area contributed by atoms with Gasteiger partial charge in [0, 0.05) is 12.6 Å². The summed E-state index contributed by atoms with van der Waals surface area (Å²) in [7, 11) is -9.05. The summed E-state index contributed by atoms with van der Waals surface area (Å²) < 4.78 is 63.2. The Morgan fingerprint density at radius 2 is 1.56 bits per heavy atom. The quantitative estimate of drug-likeness (QED) is 0.190. The van der Waals surface area contributed by atoms with Gasteiger partial charge in [-0.25, -0.2) is 0 Å². The zero-order valence-corrected chi connectivity index (χ0v) is 15.1. The molecule has 0 rings (SSSR count). The third-order valence-corrected chi connectivity index (χ3v) is 5.26. The van der Waals surface area contributed by atoms with Gasteiger partial charge in [0.1, 0.15) is 5.25 Å². The van der Waals surface area contributed by atoms with Gasteiger partial charge in [0.15, 0.2) is 0 Å². The van der Waals surface area contributed by atoms with Crippen molar-refractivity contribution in [3.05, 3.63) is 25.3 Å². The highest BCUT2D eigenvalue weighted by Gasteiger charge is 2.33. The van der Waals surface area contributed by atoms with Crippen molar-refractivity contribution in [3.63, 3.8) is 0 Å². The maximum atomic E-state index is 11.6. The molecular formula is C13H22N2O8S2. The molecule has 10 nitrogen and oxygen atoms in total. The Morgan fingerprint density at radius 1 is 1.00 bits per heavy atom. The molecule has 12 heteroatoms. The van der Waals surface area contributed by atoms with Crippen LogP contribution in [0.2, 0.25) is 0 Å². The average molecular weight is 398 g/mol. The molecular weight excluding hydrogens is 376 g/mol. The Kier molecular flexibility index (Phi) is 9.56. The molecule has 0 aromatic heterocycles. The van der Waals surface area contributed by atoms with E-state index in [0.717, 1.165) is 12.2 Å². The number of hydrogen-bond donors (Lipinski definition) is 4. The van der Waals surface area contributed by atoms with Crippen molar-refractivity contribution in [2.45, 2.75) is 30.6 Å². The molecule has 0 saturated carbocycles. The first-order valence-corrected chi connectivity index (χ1v) is 10.3. The molecule has 0 heterocycles.